The Balaban J connectivity index is 0.815. The number of Topliss-reactive ketones (excluding diaryl/α,β-unsaturated/α-hetero) is 1. The van der Waals surface area contributed by atoms with E-state index < -0.39 is 123 Å². The van der Waals surface area contributed by atoms with Gasteiger partial charge in [-0.15, -0.1) is 0 Å². The van der Waals surface area contributed by atoms with Crippen LogP contribution in [0.5, 0.6) is 0 Å². The molecule has 9 rings (SSSR count). The fourth-order valence-electron chi connectivity index (χ4n) is 14.6. The quantitative estimate of drug-likeness (QED) is 0.122. The fraction of sp³-hybridized carbons (Fsp3) is 0.978. The lowest BCUT2D eigenvalue weighted by Gasteiger charge is -2.63. The molecule has 372 valence electrons. The van der Waals surface area contributed by atoms with Crippen molar-refractivity contribution in [1.29, 1.82) is 0 Å². The van der Waals surface area contributed by atoms with Crippen LogP contribution in [0.4, 0.5) is 0 Å². The van der Waals surface area contributed by atoms with E-state index in [1.807, 2.05) is 0 Å². The predicted octanol–water partition coefficient (Wildman–Crippen LogP) is -1.16. The van der Waals surface area contributed by atoms with Crippen LogP contribution in [0.1, 0.15) is 91.9 Å². The van der Waals surface area contributed by atoms with Gasteiger partial charge >= 0.3 is 0 Å². The highest BCUT2D eigenvalue weighted by Gasteiger charge is 2.69. The van der Waals surface area contributed by atoms with Crippen molar-refractivity contribution < 1.29 is 93.8 Å². The van der Waals surface area contributed by atoms with Gasteiger partial charge in [0.05, 0.1) is 38.6 Å². The molecule has 10 N–H and O–H groups in total. The van der Waals surface area contributed by atoms with E-state index in [0.717, 1.165) is 44.9 Å². The van der Waals surface area contributed by atoms with E-state index in [9.17, 15) is 55.9 Å². The van der Waals surface area contributed by atoms with E-state index in [-0.39, 0.29) is 47.2 Å². The number of hydrogen-bond donors (Lipinski definition) is 10. The molecule has 0 aromatic rings. The molecule has 19 heteroatoms. The smallest absolute Gasteiger partial charge is 0.187 e. The molecule has 27 atom stereocenters. The van der Waals surface area contributed by atoms with E-state index in [4.69, 9.17) is 37.9 Å². The van der Waals surface area contributed by atoms with Crippen molar-refractivity contribution in [2.24, 2.45) is 52.3 Å². The van der Waals surface area contributed by atoms with Crippen molar-refractivity contribution in [1.82, 2.24) is 0 Å². The minimum absolute atomic E-state index is 0.0326. The van der Waals surface area contributed by atoms with Gasteiger partial charge in [-0.3, -0.25) is 4.79 Å². The second-order valence-corrected chi connectivity index (χ2v) is 21.7. The third-order valence-electron chi connectivity index (χ3n) is 18.4. The van der Waals surface area contributed by atoms with E-state index in [1.165, 1.54) is 0 Å². The second-order valence-electron chi connectivity index (χ2n) is 21.7. The molecule has 4 aliphatic carbocycles. The first-order valence-electron chi connectivity index (χ1n) is 24.3. The van der Waals surface area contributed by atoms with Gasteiger partial charge in [0, 0.05) is 30.1 Å². The number of aliphatic hydroxyl groups is 10. The highest BCUT2D eigenvalue weighted by molar-refractivity contribution is 5.87. The average molecular weight is 931 g/mol. The monoisotopic (exact) mass is 930 g/mol. The molecule has 5 saturated heterocycles. The highest BCUT2D eigenvalue weighted by Crippen LogP contribution is 2.69. The minimum atomic E-state index is -1.92. The SMILES string of the molecule is C[C@@H]1CC[C@@]2(OC1)O[C@H]1CC[C@H]3[C@@H]4CC[C@H]5C[C@@H](O[C@H]6O[C@H](CO)[C@@H](O[C@H]7O[C@H](CO)[C@@H](O[C@H]8O[C@H](CO)[C@@H](O)[C@H](O)[C@H]8O)[C@H](O)[C@H]7O)[C@H](O)[C@H]6O)CC[C@]5(C)[C@H]4CC(=O)[C@]3(C)[C@H]1[C@@H]2C. The Hall–Kier alpha value is -1.05. The van der Waals surface area contributed by atoms with Gasteiger partial charge in [-0.2, -0.15) is 0 Å². The van der Waals surface area contributed by atoms with Crippen LogP contribution in [-0.4, -0.2) is 193 Å². The molecule has 0 aromatic carbocycles. The topological polar surface area (TPSA) is 293 Å². The summed E-state index contributed by atoms with van der Waals surface area (Å²) in [6.45, 7) is 7.50. The molecule has 0 unspecified atom stereocenters. The molecular weight excluding hydrogens is 856 g/mol. The zero-order chi connectivity index (χ0) is 46.5. The summed E-state index contributed by atoms with van der Waals surface area (Å²) >= 11 is 0. The van der Waals surface area contributed by atoms with Crippen molar-refractivity contribution in [3.05, 3.63) is 0 Å². The molecule has 4 saturated carbocycles. The van der Waals surface area contributed by atoms with Gasteiger partial charge in [0.15, 0.2) is 24.7 Å². The number of ketones is 1. The van der Waals surface area contributed by atoms with Gasteiger partial charge < -0.3 is 89.0 Å². The Labute approximate surface area is 379 Å². The van der Waals surface area contributed by atoms with Gasteiger partial charge in [0.2, 0.25) is 0 Å². The maximum absolute atomic E-state index is 14.7. The number of ether oxygens (including phenoxy) is 8. The summed E-state index contributed by atoms with van der Waals surface area (Å²) in [5, 5.41) is 106. The van der Waals surface area contributed by atoms with Crippen LogP contribution in [0.2, 0.25) is 0 Å². The Morgan fingerprint density at radius 1 is 0.631 bits per heavy atom. The number of carbonyl (C=O) groups excluding carboxylic acids is 1. The Bertz CT molecular complexity index is 1660. The molecule has 0 radical (unpaired) electrons. The summed E-state index contributed by atoms with van der Waals surface area (Å²) in [6.07, 6.45) is -16.3. The van der Waals surface area contributed by atoms with E-state index >= 15 is 0 Å². The van der Waals surface area contributed by atoms with Gasteiger partial charge in [-0.05, 0) is 86.4 Å². The maximum atomic E-state index is 14.7. The van der Waals surface area contributed by atoms with Crippen molar-refractivity contribution in [3.8, 4) is 0 Å². The Morgan fingerprint density at radius 2 is 1.22 bits per heavy atom. The third kappa shape index (κ3) is 8.10. The van der Waals surface area contributed by atoms with Gasteiger partial charge in [0.1, 0.15) is 79.0 Å². The second kappa shape index (κ2) is 18.6. The van der Waals surface area contributed by atoms with Gasteiger partial charge in [0.25, 0.3) is 0 Å². The summed E-state index contributed by atoms with van der Waals surface area (Å²) in [5.41, 5.74) is -0.550. The number of carbonyl (C=O) groups is 1. The molecule has 65 heavy (non-hydrogen) atoms. The van der Waals surface area contributed by atoms with Crippen molar-refractivity contribution in [2.75, 3.05) is 26.4 Å². The summed E-state index contributed by atoms with van der Waals surface area (Å²) < 4.78 is 48.4. The standard InChI is InChI=1S/C46H74O19/c1-19-9-12-46(58-18-19)20(2)31-26(65-46)8-7-24-23-6-5-21-13-22(10-11-44(21,3)25(23)14-30(50)45(24,31)4)59-41-37(56)34(53)39(28(16-48)61-41)64-43-38(57)35(54)40(29(17-49)62-43)63-42-36(55)33(52)32(51)27(15-47)60-42/h19-29,31-43,47-49,51-57H,5-18H2,1-4H3/t19-,20+,21+,22+,23+,24+,25+,26+,27-,28-,29-,31+,32-,33+,34-,35-,36-,37-,38-,39-,40-,41+,42-,43-,44+,45-,46-/m1/s1. The Morgan fingerprint density at radius 3 is 1.80 bits per heavy atom. The van der Waals surface area contributed by atoms with Crippen LogP contribution in [0, 0.1) is 52.3 Å². The fourth-order valence-corrected chi connectivity index (χ4v) is 14.6. The lowest BCUT2D eigenvalue weighted by molar-refractivity contribution is -0.381. The van der Waals surface area contributed by atoms with Crippen LogP contribution in [0.15, 0.2) is 0 Å². The Kier molecular flexibility index (Phi) is 14.0. The van der Waals surface area contributed by atoms with Gasteiger partial charge in [-0.25, -0.2) is 0 Å². The summed E-state index contributed by atoms with van der Waals surface area (Å²) in [5.74, 6) is 1.75. The van der Waals surface area contributed by atoms with Crippen LogP contribution in [0.25, 0.3) is 0 Å². The first-order chi connectivity index (χ1) is 30.9. The molecule has 5 heterocycles. The third-order valence-corrected chi connectivity index (χ3v) is 18.4. The summed E-state index contributed by atoms with van der Waals surface area (Å²) in [6, 6.07) is 0. The number of hydrogen-bond acceptors (Lipinski definition) is 19. The van der Waals surface area contributed by atoms with E-state index in [1.54, 1.807) is 0 Å². The first-order valence-corrected chi connectivity index (χ1v) is 24.3. The number of rotatable bonds is 9. The molecule has 5 aliphatic heterocycles. The molecule has 9 aliphatic rings. The highest BCUT2D eigenvalue weighted by atomic mass is 16.8. The van der Waals surface area contributed by atoms with Crippen molar-refractivity contribution >= 4 is 5.78 Å². The molecule has 0 amide bonds. The molecule has 19 nitrogen and oxygen atoms in total. The average Bonchev–Trinajstić information content (AvgIpc) is 3.58. The van der Waals surface area contributed by atoms with Crippen LogP contribution < -0.4 is 0 Å². The van der Waals surface area contributed by atoms with Crippen LogP contribution in [-0.2, 0) is 42.7 Å². The number of fused-ring (bicyclic) bond motifs is 7. The molecular formula is C46H74O19. The minimum Gasteiger partial charge on any atom is -0.394 e. The molecule has 9 fully saturated rings. The van der Waals surface area contributed by atoms with Crippen LogP contribution in [0.3, 0.4) is 0 Å². The lowest BCUT2D eigenvalue weighted by atomic mass is 9.40. The van der Waals surface area contributed by atoms with Gasteiger partial charge in [-0.1, -0.05) is 27.7 Å². The van der Waals surface area contributed by atoms with Crippen molar-refractivity contribution in [2.45, 2.75) is 202 Å². The molecule has 0 bridgehead atoms. The first kappa shape index (κ1) is 49.0. The normalized spacial score (nSPS) is 57.0. The summed E-state index contributed by atoms with van der Waals surface area (Å²) in [7, 11) is 0. The molecule has 1 spiro atoms. The predicted molar refractivity (Wildman–Crippen MR) is 221 cm³/mol. The summed E-state index contributed by atoms with van der Waals surface area (Å²) in [4.78, 5) is 14.7. The van der Waals surface area contributed by atoms with Crippen molar-refractivity contribution in [3.63, 3.8) is 0 Å². The zero-order valence-electron chi connectivity index (χ0n) is 37.9. The molecule has 0 aromatic heterocycles. The number of aliphatic hydroxyl groups excluding tert-OH is 10. The van der Waals surface area contributed by atoms with Crippen LogP contribution >= 0.6 is 0 Å². The lowest BCUT2D eigenvalue weighted by Crippen LogP contribution is -2.66. The van der Waals surface area contributed by atoms with E-state index in [2.05, 4.69) is 27.7 Å². The largest absolute Gasteiger partial charge is 0.394 e. The maximum Gasteiger partial charge on any atom is 0.187 e. The zero-order valence-corrected chi connectivity index (χ0v) is 37.9. The van der Waals surface area contributed by atoms with E-state index in [0.29, 0.717) is 43.5 Å².